The van der Waals surface area contributed by atoms with Crippen LogP contribution in [0.4, 0.5) is 0 Å². The summed E-state index contributed by atoms with van der Waals surface area (Å²) in [5.41, 5.74) is 2.89. The van der Waals surface area contributed by atoms with Gasteiger partial charge in [-0.25, -0.2) is 9.50 Å². The maximum absolute atomic E-state index is 12.6. The molecular formula is C23H22N4O3. The van der Waals surface area contributed by atoms with Crippen molar-refractivity contribution in [2.45, 2.75) is 18.8 Å². The van der Waals surface area contributed by atoms with Gasteiger partial charge in [-0.05, 0) is 54.8 Å². The molecule has 0 spiro atoms. The lowest BCUT2D eigenvalue weighted by atomic mass is 9.97. The molecule has 1 aromatic carbocycles. The molecule has 4 aromatic rings. The molecule has 0 unspecified atom stereocenters. The van der Waals surface area contributed by atoms with Crippen LogP contribution < -0.4 is 4.74 Å². The molecule has 0 N–H and O–H groups in total. The average molecular weight is 402 g/mol. The zero-order valence-electron chi connectivity index (χ0n) is 16.7. The second kappa shape index (κ2) is 7.67. The second-order valence-electron chi connectivity index (χ2n) is 7.49. The first-order valence-corrected chi connectivity index (χ1v) is 10.0. The number of benzene rings is 1. The molecule has 4 heterocycles. The molecule has 7 nitrogen and oxygen atoms in total. The number of carbonyl (C=O) groups excluding carboxylic acids is 1. The normalized spacial score (nSPS) is 16.7. The summed E-state index contributed by atoms with van der Waals surface area (Å²) in [6, 6.07) is 15.4. The van der Waals surface area contributed by atoms with Crippen molar-refractivity contribution < 1.29 is 13.9 Å². The number of fused-ring (bicyclic) bond motifs is 1. The van der Waals surface area contributed by atoms with Gasteiger partial charge in [0.25, 0.3) is 5.91 Å². The van der Waals surface area contributed by atoms with Gasteiger partial charge in [0.2, 0.25) is 0 Å². The molecule has 152 valence electrons. The molecule has 1 aliphatic rings. The first-order chi connectivity index (χ1) is 14.7. The van der Waals surface area contributed by atoms with Crippen molar-refractivity contribution in [1.29, 1.82) is 0 Å². The van der Waals surface area contributed by atoms with Gasteiger partial charge in [-0.3, -0.25) is 4.79 Å². The van der Waals surface area contributed by atoms with Crippen LogP contribution in [-0.2, 0) is 0 Å². The van der Waals surface area contributed by atoms with E-state index in [0.717, 1.165) is 47.7 Å². The third-order valence-electron chi connectivity index (χ3n) is 5.56. The van der Waals surface area contributed by atoms with Gasteiger partial charge in [-0.1, -0.05) is 12.1 Å². The minimum Gasteiger partial charge on any atom is -0.497 e. The summed E-state index contributed by atoms with van der Waals surface area (Å²) in [5.74, 6) is 2.00. The van der Waals surface area contributed by atoms with E-state index in [4.69, 9.17) is 19.2 Å². The Hall–Kier alpha value is -3.61. The number of rotatable bonds is 4. The van der Waals surface area contributed by atoms with Crippen LogP contribution >= 0.6 is 0 Å². The van der Waals surface area contributed by atoms with E-state index in [1.165, 1.54) is 6.26 Å². The van der Waals surface area contributed by atoms with E-state index in [9.17, 15) is 4.79 Å². The number of carbonyl (C=O) groups is 1. The Bertz CT molecular complexity index is 1180. The van der Waals surface area contributed by atoms with Crippen molar-refractivity contribution in [3.63, 3.8) is 0 Å². The van der Waals surface area contributed by atoms with E-state index in [1.807, 2.05) is 52.0 Å². The summed E-state index contributed by atoms with van der Waals surface area (Å²) < 4.78 is 12.4. The minimum absolute atomic E-state index is 0.0752. The molecule has 0 aliphatic carbocycles. The number of pyridine rings is 1. The Morgan fingerprint density at radius 3 is 2.93 bits per heavy atom. The highest BCUT2D eigenvalue weighted by Crippen LogP contribution is 2.28. The van der Waals surface area contributed by atoms with E-state index in [1.54, 1.807) is 19.2 Å². The molecule has 1 amide bonds. The summed E-state index contributed by atoms with van der Waals surface area (Å²) in [7, 11) is 1.66. The molecule has 0 saturated carbocycles. The zero-order valence-corrected chi connectivity index (χ0v) is 16.7. The Kier molecular flexibility index (Phi) is 4.71. The number of ether oxygens (including phenoxy) is 1. The van der Waals surface area contributed by atoms with Crippen LogP contribution in [0.3, 0.4) is 0 Å². The molecule has 0 bridgehead atoms. The van der Waals surface area contributed by atoms with E-state index in [0.29, 0.717) is 12.3 Å². The lowest BCUT2D eigenvalue weighted by Gasteiger charge is -2.30. The number of hydrogen-bond acceptors (Lipinski definition) is 5. The van der Waals surface area contributed by atoms with E-state index in [-0.39, 0.29) is 11.8 Å². The van der Waals surface area contributed by atoms with Gasteiger partial charge in [0, 0.05) is 30.8 Å². The van der Waals surface area contributed by atoms with Crippen LogP contribution in [0.25, 0.3) is 16.8 Å². The highest BCUT2D eigenvalue weighted by atomic mass is 16.5. The van der Waals surface area contributed by atoms with Gasteiger partial charge in [-0.15, -0.1) is 0 Å². The third kappa shape index (κ3) is 3.43. The maximum atomic E-state index is 12.6. The van der Waals surface area contributed by atoms with Crippen molar-refractivity contribution in [2.75, 3.05) is 20.2 Å². The van der Waals surface area contributed by atoms with E-state index >= 15 is 0 Å². The number of methoxy groups -OCH3 is 1. The predicted molar refractivity (Wildman–Crippen MR) is 112 cm³/mol. The number of hydrogen-bond donors (Lipinski definition) is 0. The smallest absolute Gasteiger partial charge is 0.289 e. The quantitative estimate of drug-likeness (QED) is 0.516. The SMILES string of the molecule is COc1cccc(-c2ccc3nc([C@@H]4CCCN(C(=O)c5ccco5)C4)nn3c2)c1. The van der Waals surface area contributed by atoms with Gasteiger partial charge in [0.15, 0.2) is 17.2 Å². The standard InChI is InChI=1S/C23H22N4O3/c1-29-19-7-2-5-16(13-19)17-9-10-21-24-22(25-27(21)15-17)18-6-3-11-26(14-18)23(28)20-8-4-12-30-20/h2,4-5,7-10,12-13,15,18H,3,6,11,14H2,1H3/t18-/m1/s1. The number of amides is 1. The van der Waals surface area contributed by atoms with E-state index < -0.39 is 0 Å². The maximum Gasteiger partial charge on any atom is 0.289 e. The van der Waals surface area contributed by atoms with Crippen molar-refractivity contribution in [3.05, 3.63) is 72.6 Å². The molecule has 1 saturated heterocycles. The highest BCUT2D eigenvalue weighted by molar-refractivity contribution is 5.91. The van der Waals surface area contributed by atoms with Gasteiger partial charge in [-0.2, -0.15) is 5.10 Å². The number of aromatic nitrogens is 3. The van der Waals surface area contributed by atoms with Gasteiger partial charge in [0.05, 0.1) is 13.4 Å². The molecule has 5 rings (SSSR count). The zero-order chi connectivity index (χ0) is 20.5. The Balaban J connectivity index is 1.40. The first kappa shape index (κ1) is 18.4. The van der Waals surface area contributed by atoms with Gasteiger partial charge >= 0.3 is 0 Å². The number of furan rings is 1. The lowest BCUT2D eigenvalue weighted by Crippen LogP contribution is -2.39. The molecule has 0 radical (unpaired) electrons. The summed E-state index contributed by atoms with van der Waals surface area (Å²) in [4.78, 5) is 19.2. The fourth-order valence-corrected chi connectivity index (χ4v) is 3.98. The molecule has 3 aromatic heterocycles. The van der Waals surface area contributed by atoms with Crippen LogP contribution in [0.15, 0.2) is 65.4 Å². The number of piperidine rings is 1. The molecule has 1 atom stereocenters. The van der Waals surface area contributed by atoms with Crippen LogP contribution in [0.1, 0.15) is 35.1 Å². The summed E-state index contributed by atoms with van der Waals surface area (Å²) in [6.45, 7) is 1.32. The topological polar surface area (TPSA) is 72.9 Å². The van der Waals surface area contributed by atoms with Gasteiger partial charge in [0.1, 0.15) is 5.75 Å². The predicted octanol–water partition coefficient (Wildman–Crippen LogP) is 4.02. The highest BCUT2D eigenvalue weighted by Gasteiger charge is 2.29. The van der Waals surface area contributed by atoms with Crippen LogP contribution in [0.5, 0.6) is 5.75 Å². The summed E-state index contributed by atoms with van der Waals surface area (Å²) in [6.07, 6.45) is 5.39. The number of likely N-dealkylation sites (tertiary alicyclic amines) is 1. The van der Waals surface area contributed by atoms with Crippen molar-refractivity contribution in [2.24, 2.45) is 0 Å². The number of nitrogens with zero attached hydrogens (tertiary/aromatic N) is 4. The van der Waals surface area contributed by atoms with Crippen molar-refractivity contribution in [1.82, 2.24) is 19.5 Å². The van der Waals surface area contributed by atoms with Gasteiger partial charge < -0.3 is 14.1 Å². The Morgan fingerprint density at radius 2 is 2.10 bits per heavy atom. The first-order valence-electron chi connectivity index (χ1n) is 10.0. The minimum atomic E-state index is -0.0752. The second-order valence-corrected chi connectivity index (χ2v) is 7.49. The average Bonchev–Trinajstić information content (AvgIpc) is 3.48. The molecular weight excluding hydrogens is 380 g/mol. The summed E-state index contributed by atoms with van der Waals surface area (Å²) >= 11 is 0. The van der Waals surface area contributed by atoms with Crippen molar-refractivity contribution in [3.8, 4) is 16.9 Å². The van der Waals surface area contributed by atoms with Crippen molar-refractivity contribution >= 4 is 11.6 Å². The summed E-state index contributed by atoms with van der Waals surface area (Å²) in [5, 5.41) is 4.73. The molecule has 1 fully saturated rings. The fraction of sp³-hybridized carbons (Fsp3) is 0.261. The largest absolute Gasteiger partial charge is 0.497 e. The van der Waals surface area contributed by atoms with E-state index in [2.05, 4.69) is 0 Å². The van der Waals surface area contributed by atoms with Crippen LogP contribution in [0, 0.1) is 0 Å². The third-order valence-corrected chi connectivity index (χ3v) is 5.56. The Morgan fingerprint density at radius 1 is 1.17 bits per heavy atom. The fourth-order valence-electron chi connectivity index (χ4n) is 3.98. The molecule has 1 aliphatic heterocycles. The molecule has 30 heavy (non-hydrogen) atoms. The lowest BCUT2D eigenvalue weighted by molar-refractivity contribution is 0.0672. The monoisotopic (exact) mass is 402 g/mol. The Labute approximate surface area is 173 Å². The molecule has 7 heteroatoms. The van der Waals surface area contributed by atoms with Crippen LogP contribution in [-0.4, -0.2) is 45.6 Å². The van der Waals surface area contributed by atoms with Crippen LogP contribution in [0.2, 0.25) is 0 Å².